The van der Waals surface area contributed by atoms with Crippen molar-refractivity contribution >= 4 is 0 Å². The minimum Gasteiger partial charge on any atom is -0.467 e. The first kappa shape index (κ1) is 14.8. The summed E-state index contributed by atoms with van der Waals surface area (Å²) in [6.45, 7) is 3.89. The van der Waals surface area contributed by atoms with Crippen LogP contribution in [-0.2, 0) is 11.3 Å². The third kappa shape index (κ3) is 4.47. The van der Waals surface area contributed by atoms with Crippen molar-refractivity contribution in [1.29, 1.82) is 0 Å². The van der Waals surface area contributed by atoms with Crippen LogP contribution >= 0.6 is 0 Å². The van der Waals surface area contributed by atoms with Crippen LogP contribution in [0.4, 0.5) is 4.39 Å². The molecule has 108 valence electrons. The molecule has 0 aliphatic rings. The number of ether oxygens (including phenoxy) is 1. The summed E-state index contributed by atoms with van der Waals surface area (Å²) < 4.78 is 24.2. The summed E-state index contributed by atoms with van der Waals surface area (Å²) in [6.07, 6.45) is 2.51. The lowest BCUT2D eigenvalue weighted by atomic mass is 10.1. The van der Waals surface area contributed by atoms with E-state index in [9.17, 15) is 4.39 Å². The lowest BCUT2D eigenvalue weighted by Crippen LogP contribution is -2.21. The van der Waals surface area contributed by atoms with Gasteiger partial charge in [0.05, 0.1) is 6.26 Å². The smallest absolute Gasteiger partial charge is 0.129 e. The van der Waals surface area contributed by atoms with Gasteiger partial charge in [0.25, 0.3) is 0 Å². The number of rotatable bonds is 8. The molecule has 0 radical (unpaired) electrons. The van der Waals surface area contributed by atoms with Crippen molar-refractivity contribution in [1.82, 2.24) is 5.32 Å². The molecule has 1 aromatic carbocycles. The highest BCUT2D eigenvalue weighted by Gasteiger charge is 2.08. The molecule has 0 saturated carbocycles. The molecule has 4 heteroatoms. The van der Waals surface area contributed by atoms with Crippen LogP contribution in [0.1, 0.15) is 30.7 Å². The number of halogens is 1. The molecule has 0 aliphatic heterocycles. The Bertz CT molecular complexity index is 499. The Morgan fingerprint density at radius 1 is 1.25 bits per heavy atom. The largest absolute Gasteiger partial charge is 0.467 e. The summed E-state index contributed by atoms with van der Waals surface area (Å²) >= 11 is 0. The predicted molar refractivity (Wildman–Crippen MR) is 75.8 cm³/mol. The fourth-order valence-electron chi connectivity index (χ4n) is 2.00. The van der Waals surface area contributed by atoms with Crippen LogP contribution in [0.25, 0.3) is 0 Å². The molecule has 0 amide bonds. The molecule has 1 heterocycles. The fraction of sp³-hybridized carbons (Fsp3) is 0.375. The molecule has 1 aromatic heterocycles. The van der Waals surface area contributed by atoms with E-state index in [4.69, 9.17) is 9.15 Å². The molecular formula is C16H20FNO2. The van der Waals surface area contributed by atoms with Gasteiger partial charge in [0.15, 0.2) is 0 Å². The lowest BCUT2D eigenvalue weighted by Gasteiger charge is -2.14. The molecule has 3 nitrogen and oxygen atoms in total. The molecular weight excluding hydrogens is 257 g/mol. The average Bonchev–Trinajstić information content (AvgIpc) is 2.96. The van der Waals surface area contributed by atoms with Crippen LogP contribution in [0.15, 0.2) is 47.1 Å². The quantitative estimate of drug-likeness (QED) is 0.747. The SMILES string of the molecule is CC(NCCCOCc1ccco1)c1ccccc1F. The lowest BCUT2D eigenvalue weighted by molar-refractivity contribution is 0.103. The van der Waals surface area contributed by atoms with Gasteiger partial charge in [0.2, 0.25) is 0 Å². The summed E-state index contributed by atoms with van der Waals surface area (Å²) in [5.41, 5.74) is 0.698. The predicted octanol–water partition coefficient (Wildman–Crippen LogP) is 3.68. The zero-order valence-corrected chi connectivity index (χ0v) is 11.6. The third-order valence-electron chi connectivity index (χ3n) is 3.11. The number of hydrogen-bond donors (Lipinski definition) is 1. The Labute approximate surface area is 118 Å². The van der Waals surface area contributed by atoms with Gasteiger partial charge < -0.3 is 14.5 Å². The number of hydrogen-bond acceptors (Lipinski definition) is 3. The minimum absolute atomic E-state index is 0.00118. The molecule has 2 rings (SSSR count). The Morgan fingerprint density at radius 2 is 2.10 bits per heavy atom. The third-order valence-corrected chi connectivity index (χ3v) is 3.11. The molecule has 0 aliphatic carbocycles. The summed E-state index contributed by atoms with van der Waals surface area (Å²) in [5, 5.41) is 3.29. The minimum atomic E-state index is -0.165. The van der Waals surface area contributed by atoms with Gasteiger partial charge in [0, 0.05) is 18.2 Å². The maximum atomic E-state index is 13.6. The van der Waals surface area contributed by atoms with Crippen molar-refractivity contribution in [3.05, 3.63) is 59.8 Å². The van der Waals surface area contributed by atoms with E-state index in [-0.39, 0.29) is 11.9 Å². The Morgan fingerprint density at radius 3 is 2.85 bits per heavy atom. The molecule has 1 N–H and O–H groups in total. The first-order valence-electron chi connectivity index (χ1n) is 6.85. The van der Waals surface area contributed by atoms with Crippen molar-refractivity contribution in [3.8, 4) is 0 Å². The van der Waals surface area contributed by atoms with Gasteiger partial charge in [-0.2, -0.15) is 0 Å². The standard InChI is InChI=1S/C16H20FNO2/c1-13(15-7-2-3-8-16(15)17)18-9-5-10-19-12-14-6-4-11-20-14/h2-4,6-8,11,13,18H,5,9-10,12H2,1H3. The molecule has 20 heavy (non-hydrogen) atoms. The van der Waals surface area contributed by atoms with Gasteiger partial charge in [-0.3, -0.25) is 0 Å². The molecule has 1 atom stereocenters. The molecule has 0 fully saturated rings. The van der Waals surface area contributed by atoms with E-state index in [0.717, 1.165) is 18.7 Å². The van der Waals surface area contributed by atoms with Crippen molar-refractivity contribution < 1.29 is 13.5 Å². The van der Waals surface area contributed by atoms with E-state index < -0.39 is 0 Å². The zero-order valence-electron chi connectivity index (χ0n) is 11.6. The van der Waals surface area contributed by atoms with E-state index in [2.05, 4.69) is 5.32 Å². The van der Waals surface area contributed by atoms with E-state index in [1.807, 2.05) is 25.1 Å². The van der Waals surface area contributed by atoms with Crippen molar-refractivity contribution in [2.24, 2.45) is 0 Å². The second kappa shape index (κ2) is 7.82. The number of benzene rings is 1. The Balaban J connectivity index is 1.60. The van der Waals surface area contributed by atoms with E-state index in [0.29, 0.717) is 18.8 Å². The van der Waals surface area contributed by atoms with E-state index >= 15 is 0 Å². The van der Waals surface area contributed by atoms with Gasteiger partial charge >= 0.3 is 0 Å². The highest BCUT2D eigenvalue weighted by atomic mass is 19.1. The fourth-order valence-corrected chi connectivity index (χ4v) is 2.00. The van der Waals surface area contributed by atoms with Crippen LogP contribution < -0.4 is 5.32 Å². The van der Waals surface area contributed by atoms with E-state index in [1.165, 1.54) is 6.07 Å². The second-order valence-corrected chi connectivity index (χ2v) is 4.68. The van der Waals surface area contributed by atoms with Gasteiger partial charge in [-0.15, -0.1) is 0 Å². The molecule has 1 unspecified atom stereocenters. The Hall–Kier alpha value is -1.65. The van der Waals surface area contributed by atoms with Crippen LogP contribution in [-0.4, -0.2) is 13.2 Å². The van der Waals surface area contributed by atoms with Gasteiger partial charge in [-0.05, 0) is 38.1 Å². The van der Waals surface area contributed by atoms with Crippen LogP contribution in [0, 0.1) is 5.82 Å². The van der Waals surface area contributed by atoms with Crippen LogP contribution in [0.5, 0.6) is 0 Å². The number of nitrogens with one attached hydrogen (secondary N) is 1. The highest BCUT2D eigenvalue weighted by molar-refractivity contribution is 5.20. The topological polar surface area (TPSA) is 34.4 Å². The van der Waals surface area contributed by atoms with Crippen molar-refractivity contribution in [3.63, 3.8) is 0 Å². The number of furan rings is 1. The average molecular weight is 277 g/mol. The maximum absolute atomic E-state index is 13.6. The summed E-state index contributed by atoms with van der Waals surface area (Å²) in [6, 6.07) is 10.6. The maximum Gasteiger partial charge on any atom is 0.129 e. The van der Waals surface area contributed by atoms with Gasteiger partial charge in [-0.25, -0.2) is 4.39 Å². The van der Waals surface area contributed by atoms with Crippen molar-refractivity contribution in [2.45, 2.75) is 26.0 Å². The monoisotopic (exact) mass is 277 g/mol. The highest BCUT2D eigenvalue weighted by Crippen LogP contribution is 2.15. The van der Waals surface area contributed by atoms with Gasteiger partial charge in [-0.1, -0.05) is 18.2 Å². The molecule has 0 bridgehead atoms. The summed E-state index contributed by atoms with van der Waals surface area (Å²) in [5.74, 6) is 0.666. The zero-order chi connectivity index (χ0) is 14.2. The normalized spacial score (nSPS) is 12.5. The molecule has 2 aromatic rings. The second-order valence-electron chi connectivity index (χ2n) is 4.68. The summed E-state index contributed by atoms with van der Waals surface area (Å²) in [7, 11) is 0. The summed E-state index contributed by atoms with van der Waals surface area (Å²) in [4.78, 5) is 0. The van der Waals surface area contributed by atoms with Crippen molar-refractivity contribution in [2.75, 3.05) is 13.2 Å². The van der Waals surface area contributed by atoms with Crippen LogP contribution in [0.3, 0.4) is 0 Å². The first-order valence-corrected chi connectivity index (χ1v) is 6.85. The Kier molecular flexibility index (Phi) is 5.77. The molecule has 0 saturated heterocycles. The van der Waals surface area contributed by atoms with E-state index in [1.54, 1.807) is 18.4 Å². The molecule has 0 spiro atoms. The van der Waals surface area contributed by atoms with Gasteiger partial charge in [0.1, 0.15) is 18.2 Å². The first-order chi connectivity index (χ1) is 9.77. The van der Waals surface area contributed by atoms with Crippen LogP contribution in [0.2, 0.25) is 0 Å².